The first-order chi connectivity index (χ1) is 11.0. The van der Waals surface area contributed by atoms with Crippen molar-refractivity contribution in [3.8, 4) is 0 Å². The number of carbonyl (C=O) groups is 1. The molecule has 0 radical (unpaired) electrons. The van der Waals surface area contributed by atoms with E-state index in [1.165, 1.54) is 0 Å². The highest BCUT2D eigenvalue weighted by molar-refractivity contribution is 6.31. The van der Waals surface area contributed by atoms with Crippen LogP contribution >= 0.6 is 11.6 Å². The van der Waals surface area contributed by atoms with Gasteiger partial charge in [-0.1, -0.05) is 65.3 Å². The van der Waals surface area contributed by atoms with Crippen LogP contribution in [0.1, 0.15) is 65.1 Å². The molecule has 3 nitrogen and oxygen atoms in total. The molecule has 1 heterocycles. The molecule has 0 aromatic heterocycles. The molecule has 1 aromatic carbocycles. The van der Waals surface area contributed by atoms with Crippen LogP contribution in [0.2, 0.25) is 5.02 Å². The average molecular weight is 349 g/mol. The number of benzene rings is 1. The first-order valence-corrected chi connectivity index (χ1v) is 8.91. The third-order valence-corrected chi connectivity index (χ3v) is 4.72. The molecule has 1 aliphatic heterocycles. The Balaban J connectivity index is 2.28. The van der Waals surface area contributed by atoms with Gasteiger partial charge in [-0.05, 0) is 46.4 Å². The maximum absolute atomic E-state index is 11.8. The topological polar surface area (TPSA) is 41.1 Å². The highest BCUT2D eigenvalue weighted by atomic mass is 35.5. The summed E-state index contributed by atoms with van der Waals surface area (Å²) in [5, 5.41) is 6.55. The molecular weight excluding hydrogens is 320 g/mol. The largest absolute Gasteiger partial charge is 0.327 e. The number of carbonyl (C=O) groups excluding carboxylic acids is 1. The maximum atomic E-state index is 11.8. The molecule has 1 aromatic rings. The van der Waals surface area contributed by atoms with Crippen LogP contribution in [0, 0.1) is 10.8 Å². The Morgan fingerprint density at radius 3 is 2.33 bits per heavy atom. The summed E-state index contributed by atoms with van der Waals surface area (Å²) in [6, 6.07) is 5.85. The minimum atomic E-state index is -0.180. The summed E-state index contributed by atoms with van der Waals surface area (Å²) in [4.78, 5) is 11.8. The van der Waals surface area contributed by atoms with E-state index in [0.29, 0.717) is 0 Å². The minimum absolute atomic E-state index is 0.0528. The Morgan fingerprint density at radius 2 is 1.79 bits per heavy atom. The molecule has 132 valence electrons. The average Bonchev–Trinajstić information content (AvgIpc) is 2.43. The summed E-state index contributed by atoms with van der Waals surface area (Å²) in [7, 11) is 0. The van der Waals surface area contributed by atoms with Crippen molar-refractivity contribution >= 4 is 17.6 Å². The van der Waals surface area contributed by atoms with Crippen molar-refractivity contribution in [1.29, 1.82) is 0 Å². The van der Waals surface area contributed by atoms with E-state index in [1.54, 1.807) is 0 Å². The van der Waals surface area contributed by atoms with Gasteiger partial charge in [0.15, 0.2) is 0 Å². The van der Waals surface area contributed by atoms with Gasteiger partial charge in [0.1, 0.15) is 0 Å². The van der Waals surface area contributed by atoms with Gasteiger partial charge in [-0.2, -0.15) is 0 Å². The van der Waals surface area contributed by atoms with Crippen LogP contribution in [0.15, 0.2) is 30.0 Å². The van der Waals surface area contributed by atoms with E-state index in [1.807, 2.05) is 12.3 Å². The van der Waals surface area contributed by atoms with Crippen LogP contribution in [-0.2, 0) is 6.42 Å². The van der Waals surface area contributed by atoms with E-state index in [-0.39, 0.29) is 22.9 Å². The molecule has 4 heteroatoms. The van der Waals surface area contributed by atoms with Crippen molar-refractivity contribution in [2.24, 2.45) is 10.8 Å². The lowest BCUT2D eigenvalue weighted by Gasteiger charge is -2.34. The molecule has 2 N–H and O–H groups in total. The number of aryl methyl sites for hydroxylation is 1. The van der Waals surface area contributed by atoms with Gasteiger partial charge in [0.05, 0.1) is 6.04 Å². The lowest BCUT2D eigenvalue weighted by atomic mass is 9.79. The van der Waals surface area contributed by atoms with Crippen molar-refractivity contribution in [2.45, 2.75) is 60.4 Å². The standard InChI is InChI=1S/C20H29ClN2O/c1-19(2,3)10-9-13-7-8-14(11-16(13)21)17-15(20(4,5)6)12-22-18(24)23-17/h7-8,11-12,17H,9-10H2,1-6H3,(H2,22,23,24). The van der Waals surface area contributed by atoms with E-state index in [2.05, 4.69) is 64.3 Å². The van der Waals surface area contributed by atoms with Gasteiger partial charge < -0.3 is 10.6 Å². The van der Waals surface area contributed by atoms with Gasteiger partial charge in [0.2, 0.25) is 0 Å². The molecule has 0 bridgehead atoms. The smallest absolute Gasteiger partial charge is 0.319 e. The van der Waals surface area contributed by atoms with Crippen LogP contribution in [0.3, 0.4) is 0 Å². The second-order valence-corrected chi connectivity index (χ2v) is 9.22. The number of hydrogen-bond acceptors (Lipinski definition) is 1. The second-order valence-electron chi connectivity index (χ2n) is 8.81. The third kappa shape index (κ3) is 4.76. The fourth-order valence-corrected chi connectivity index (χ4v) is 3.13. The zero-order chi connectivity index (χ0) is 18.1. The Labute approximate surface area is 150 Å². The summed E-state index contributed by atoms with van der Waals surface area (Å²) in [5.74, 6) is 0. The number of urea groups is 1. The quantitative estimate of drug-likeness (QED) is 0.733. The van der Waals surface area contributed by atoms with E-state index in [0.717, 1.165) is 34.6 Å². The lowest BCUT2D eigenvalue weighted by Crippen LogP contribution is -2.43. The zero-order valence-corrected chi connectivity index (χ0v) is 16.3. The van der Waals surface area contributed by atoms with Crippen LogP contribution in [0.25, 0.3) is 0 Å². The van der Waals surface area contributed by atoms with Gasteiger partial charge in [-0.3, -0.25) is 0 Å². The molecule has 1 atom stereocenters. The summed E-state index contributed by atoms with van der Waals surface area (Å²) in [6.07, 6.45) is 3.87. The van der Waals surface area contributed by atoms with Gasteiger partial charge >= 0.3 is 6.03 Å². The Bertz CT molecular complexity index is 651. The normalized spacial score (nSPS) is 18.7. The fourth-order valence-electron chi connectivity index (χ4n) is 2.85. The van der Waals surface area contributed by atoms with Crippen molar-refractivity contribution in [3.05, 3.63) is 46.1 Å². The van der Waals surface area contributed by atoms with Gasteiger partial charge in [-0.25, -0.2) is 4.79 Å². The first-order valence-electron chi connectivity index (χ1n) is 8.53. The Morgan fingerprint density at radius 1 is 1.12 bits per heavy atom. The molecule has 0 saturated heterocycles. The monoisotopic (exact) mass is 348 g/mol. The van der Waals surface area contributed by atoms with Crippen molar-refractivity contribution in [2.75, 3.05) is 0 Å². The lowest BCUT2D eigenvalue weighted by molar-refractivity contribution is 0.237. The van der Waals surface area contributed by atoms with E-state index in [4.69, 9.17) is 11.6 Å². The molecule has 2 amide bonds. The molecule has 0 aliphatic carbocycles. The molecule has 0 saturated carbocycles. The van der Waals surface area contributed by atoms with E-state index < -0.39 is 0 Å². The molecule has 0 fully saturated rings. The summed E-state index contributed by atoms with van der Waals surface area (Å²) in [6.45, 7) is 13.1. The van der Waals surface area contributed by atoms with Gasteiger partial charge in [0, 0.05) is 11.2 Å². The molecular formula is C20H29ClN2O. The molecule has 1 aliphatic rings. The summed E-state index contributed by atoms with van der Waals surface area (Å²) < 4.78 is 0. The Hall–Kier alpha value is -1.48. The molecule has 24 heavy (non-hydrogen) atoms. The maximum Gasteiger partial charge on any atom is 0.319 e. The molecule has 2 rings (SSSR count). The van der Waals surface area contributed by atoms with Gasteiger partial charge in [0.25, 0.3) is 0 Å². The van der Waals surface area contributed by atoms with Gasteiger partial charge in [-0.15, -0.1) is 0 Å². The highest BCUT2D eigenvalue weighted by Gasteiger charge is 2.31. The SMILES string of the molecule is CC(C)(C)CCc1ccc(C2NC(=O)NC=C2C(C)(C)C)cc1Cl. The molecule has 1 unspecified atom stereocenters. The van der Waals surface area contributed by atoms with Crippen molar-refractivity contribution in [3.63, 3.8) is 0 Å². The van der Waals surface area contributed by atoms with Crippen LogP contribution in [-0.4, -0.2) is 6.03 Å². The fraction of sp³-hybridized carbons (Fsp3) is 0.550. The molecule has 0 spiro atoms. The predicted octanol–water partition coefficient (Wildman–Crippen LogP) is 5.60. The van der Waals surface area contributed by atoms with E-state index >= 15 is 0 Å². The number of nitrogens with one attached hydrogen (secondary N) is 2. The van der Waals surface area contributed by atoms with Crippen LogP contribution in [0.5, 0.6) is 0 Å². The van der Waals surface area contributed by atoms with Crippen LogP contribution in [0.4, 0.5) is 4.79 Å². The number of hydrogen-bond donors (Lipinski definition) is 2. The zero-order valence-electron chi connectivity index (χ0n) is 15.6. The minimum Gasteiger partial charge on any atom is -0.327 e. The number of rotatable bonds is 3. The van der Waals surface area contributed by atoms with Crippen molar-refractivity contribution in [1.82, 2.24) is 10.6 Å². The first kappa shape index (κ1) is 18.9. The third-order valence-electron chi connectivity index (χ3n) is 4.37. The Kier molecular flexibility index (Phi) is 5.34. The second kappa shape index (κ2) is 6.79. The summed E-state index contributed by atoms with van der Waals surface area (Å²) in [5.41, 5.74) is 3.56. The number of halogens is 1. The van der Waals surface area contributed by atoms with E-state index in [9.17, 15) is 4.79 Å². The van der Waals surface area contributed by atoms with Crippen LogP contribution < -0.4 is 10.6 Å². The van der Waals surface area contributed by atoms with Crippen molar-refractivity contribution < 1.29 is 4.79 Å². The predicted molar refractivity (Wildman–Crippen MR) is 101 cm³/mol. The highest BCUT2D eigenvalue weighted by Crippen LogP contribution is 2.38. The summed E-state index contributed by atoms with van der Waals surface area (Å²) >= 11 is 6.53. The number of amides is 2.